The molecule has 0 unspecified atom stereocenters. The van der Waals surface area contributed by atoms with E-state index in [1.807, 2.05) is 30.3 Å². The van der Waals surface area contributed by atoms with E-state index in [0.29, 0.717) is 17.1 Å². The molecular weight excluding hydrogens is 441 g/mol. The second kappa shape index (κ2) is 9.65. The van der Waals surface area contributed by atoms with Crippen molar-refractivity contribution in [2.45, 2.75) is 6.92 Å². The van der Waals surface area contributed by atoms with Gasteiger partial charge in [-0.05, 0) is 85.3 Å². The molecule has 2 heterocycles. The molecule has 35 heavy (non-hydrogen) atoms. The van der Waals surface area contributed by atoms with E-state index < -0.39 is 0 Å². The number of hydrazone groups is 1. The van der Waals surface area contributed by atoms with Gasteiger partial charge in [0.15, 0.2) is 0 Å². The number of hydrogen-bond donors (Lipinski definition) is 1. The number of aromatic nitrogens is 1. The molecule has 1 amide bonds. The third-order valence-electron chi connectivity index (χ3n) is 5.65. The van der Waals surface area contributed by atoms with E-state index in [1.165, 1.54) is 18.3 Å². The molecule has 5 nitrogen and oxygen atoms in total. The van der Waals surface area contributed by atoms with Crippen LogP contribution in [0.5, 0.6) is 0 Å². The van der Waals surface area contributed by atoms with Crippen LogP contribution in [0, 0.1) is 12.7 Å². The van der Waals surface area contributed by atoms with Gasteiger partial charge < -0.3 is 8.98 Å². The van der Waals surface area contributed by atoms with Gasteiger partial charge in [0.05, 0.1) is 11.9 Å². The van der Waals surface area contributed by atoms with Crippen LogP contribution in [0.2, 0.25) is 0 Å². The van der Waals surface area contributed by atoms with Crippen molar-refractivity contribution in [2.24, 2.45) is 5.10 Å². The van der Waals surface area contributed by atoms with Crippen LogP contribution in [-0.2, 0) is 0 Å². The Morgan fingerprint density at radius 2 is 1.60 bits per heavy atom. The number of furan rings is 1. The lowest BCUT2D eigenvalue weighted by atomic mass is 10.1. The molecule has 0 aliphatic carbocycles. The second-order valence-corrected chi connectivity index (χ2v) is 8.02. The minimum Gasteiger partial charge on any atom is -0.455 e. The molecule has 6 heteroatoms. The SMILES string of the molecule is Cc1ccc(-c2ccccc2)n1-c1ccc(C(=O)N/N=C/c2ccc(-c3ccc(F)cc3)o2)cc1. The summed E-state index contributed by atoms with van der Waals surface area (Å²) < 4.78 is 20.9. The summed E-state index contributed by atoms with van der Waals surface area (Å²) >= 11 is 0. The Hall–Kier alpha value is -4.71. The van der Waals surface area contributed by atoms with Gasteiger partial charge in [0.2, 0.25) is 0 Å². The number of carbonyl (C=O) groups excluding carboxylic acids is 1. The molecule has 0 aliphatic heterocycles. The zero-order valence-corrected chi connectivity index (χ0v) is 19.0. The van der Waals surface area contributed by atoms with Crippen molar-refractivity contribution in [3.63, 3.8) is 0 Å². The number of halogens is 1. The third-order valence-corrected chi connectivity index (χ3v) is 5.65. The molecule has 1 N–H and O–H groups in total. The van der Waals surface area contributed by atoms with Crippen LogP contribution in [0.1, 0.15) is 21.8 Å². The summed E-state index contributed by atoms with van der Waals surface area (Å²) in [5.41, 5.74) is 8.04. The highest BCUT2D eigenvalue weighted by atomic mass is 19.1. The van der Waals surface area contributed by atoms with Gasteiger partial charge in [-0.1, -0.05) is 30.3 Å². The van der Waals surface area contributed by atoms with E-state index in [4.69, 9.17) is 4.42 Å². The van der Waals surface area contributed by atoms with Crippen molar-refractivity contribution in [2.75, 3.05) is 0 Å². The van der Waals surface area contributed by atoms with Gasteiger partial charge >= 0.3 is 0 Å². The molecule has 5 rings (SSSR count). The van der Waals surface area contributed by atoms with Crippen molar-refractivity contribution in [3.8, 4) is 28.3 Å². The Labute approximate surface area is 202 Å². The molecule has 2 aromatic heterocycles. The van der Waals surface area contributed by atoms with Crippen molar-refractivity contribution in [1.29, 1.82) is 0 Å². The minimum absolute atomic E-state index is 0.307. The molecule has 3 aromatic carbocycles. The average molecular weight is 464 g/mol. The Morgan fingerprint density at radius 1 is 0.857 bits per heavy atom. The molecule has 5 aromatic rings. The van der Waals surface area contributed by atoms with Crippen LogP contribution >= 0.6 is 0 Å². The fraction of sp³-hybridized carbons (Fsp3) is 0.0345. The highest BCUT2D eigenvalue weighted by Crippen LogP contribution is 2.26. The third kappa shape index (κ3) is 4.82. The van der Waals surface area contributed by atoms with Gasteiger partial charge in [-0.25, -0.2) is 9.82 Å². The van der Waals surface area contributed by atoms with Crippen LogP contribution in [0.4, 0.5) is 4.39 Å². The first-order valence-corrected chi connectivity index (χ1v) is 11.1. The summed E-state index contributed by atoms with van der Waals surface area (Å²) in [5.74, 6) is 0.420. The fourth-order valence-electron chi connectivity index (χ4n) is 3.89. The Kier molecular flexibility index (Phi) is 6.09. The van der Waals surface area contributed by atoms with Crippen molar-refractivity contribution in [3.05, 3.63) is 126 Å². The van der Waals surface area contributed by atoms with Crippen LogP contribution in [0.25, 0.3) is 28.3 Å². The van der Waals surface area contributed by atoms with E-state index in [1.54, 1.807) is 36.4 Å². The number of nitrogens with zero attached hydrogens (tertiary/aromatic N) is 2. The molecule has 0 atom stereocenters. The maximum Gasteiger partial charge on any atom is 0.271 e. The first kappa shape index (κ1) is 22.1. The maximum atomic E-state index is 13.1. The number of hydrogen-bond acceptors (Lipinski definition) is 3. The lowest BCUT2D eigenvalue weighted by molar-refractivity contribution is 0.0955. The van der Waals surface area contributed by atoms with Gasteiger partial charge in [-0.15, -0.1) is 0 Å². The number of benzene rings is 3. The molecule has 0 fully saturated rings. The average Bonchev–Trinajstić information content (AvgIpc) is 3.52. The predicted molar refractivity (Wildman–Crippen MR) is 135 cm³/mol. The molecule has 0 radical (unpaired) electrons. The quantitative estimate of drug-likeness (QED) is 0.227. The number of carbonyl (C=O) groups is 1. The highest BCUT2D eigenvalue weighted by Gasteiger charge is 2.11. The molecule has 0 saturated heterocycles. The number of aryl methyl sites for hydroxylation is 1. The lowest BCUT2D eigenvalue weighted by Crippen LogP contribution is -2.17. The molecule has 0 aliphatic rings. The Balaban J connectivity index is 1.26. The first-order chi connectivity index (χ1) is 17.1. The van der Waals surface area contributed by atoms with E-state index in [9.17, 15) is 9.18 Å². The van der Waals surface area contributed by atoms with Gasteiger partial charge in [0.1, 0.15) is 17.3 Å². The number of rotatable bonds is 6. The largest absolute Gasteiger partial charge is 0.455 e. The van der Waals surface area contributed by atoms with E-state index in [2.05, 4.69) is 46.3 Å². The summed E-state index contributed by atoms with van der Waals surface area (Å²) in [4.78, 5) is 12.5. The van der Waals surface area contributed by atoms with E-state index in [0.717, 1.165) is 28.2 Å². The van der Waals surface area contributed by atoms with Crippen molar-refractivity contribution >= 4 is 12.1 Å². The maximum absolute atomic E-state index is 13.1. The zero-order chi connectivity index (χ0) is 24.2. The standard InChI is InChI=1S/C29H22FN3O2/c1-20-7-17-27(21-5-3-2-4-6-21)33(20)25-14-10-23(11-15-25)29(34)32-31-19-26-16-18-28(35-26)22-8-12-24(30)13-9-22/h2-19H,1H3,(H,32,34)/b31-19+. The topological polar surface area (TPSA) is 59.5 Å². The molecule has 0 spiro atoms. The van der Waals surface area contributed by atoms with E-state index in [-0.39, 0.29) is 11.7 Å². The van der Waals surface area contributed by atoms with Crippen molar-refractivity contribution in [1.82, 2.24) is 9.99 Å². The predicted octanol–water partition coefficient (Wildman–Crippen LogP) is 6.62. The van der Waals surface area contributed by atoms with Crippen LogP contribution < -0.4 is 5.43 Å². The first-order valence-electron chi connectivity index (χ1n) is 11.1. The van der Waals surface area contributed by atoms with Gasteiger partial charge in [0, 0.05) is 22.5 Å². The van der Waals surface area contributed by atoms with Gasteiger partial charge in [0.25, 0.3) is 5.91 Å². The van der Waals surface area contributed by atoms with Crippen LogP contribution in [0.3, 0.4) is 0 Å². The van der Waals surface area contributed by atoms with Crippen LogP contribution in [0.15, 0.2) is 113 Å². The Morgan fingerprint density at radius 3 is 2.34 bits per heavy atom. The van der Waals surface area contributed by atoms with Crippen LogP contribution in [-0.4, -0.2) is 16.7 Å². The zero-order valence-electron chi connectivity index (χ0n) is 19.0. The Bertz CT molecular complexity index is 1480. The molecule has 0 bridgehead atoms. The smallest absolute Gasteiger partial charge is 0.271 e. The summed E-state index contributed by atoms with van der Waals surface area (Å²) in [7, 11) is 0. The minimum atomic E-state index is -0.328. The summed E-state index contributed by atoms with van der Waals surface area (Å²) in [6.07, 6.45) is 1.43. The number of nitrogens with one attached hydrogen (secondary N) is 1. The van der Waals surface area contributed by atoms with Crippen molar-refractivity contribution < 1.29 is 13.6 Å². The molecule has 172 valence electrons. The van der Waals surface area contributed by atoms with Gasteiger partial charge in [-0.3, -0.25) is 4.79 Å². The number of amides is 1. The highest BCUT2D eigenvalue weighted by molar-refractivity contribution is 5.95. The fourth-order valence-corrected chi connectivity index (χ4v) is 3.89. The van der Waals surface area contributed by atoms with Gasteiger partial charge in [-0.2, -0.15) is 5.10 Å². The summed E-state index contributed by atoms with van der Waals surface area (Å²) in [5, 5.41) is 4.00. The summed E-state index contributed by atoms with van der Waals surface area (Å²) in [6, 6.07) is 31.2. The summed E-state index contributed by atoms with van der Waals surface area (Å²) in [6.45, 7) is 2.05. The molecular formula is C29H22FN3O2. The van der Waals surface area contributed by atoms with E-state index >= 15 is 0 Å². The monoisotopic (exact) mass is 463 g/mol. The second-order valence-electron chi connectivity index (χ2n) is 8.02. The molecule has 0 saturated carbocycles. The lowest BCUT2D eigenvalue weighted by Gasteiger charge is -2.12. The normalized spacial score (nSPS) is 11.1.